The summed E-state index contributed by atoms with van der Waals surface area (Å²) in [6.07, 6.45) is 1.48. The average molecular weight is 274 g/mol. The monoisotopic (exact) mass is 274 g/mol. The van der Waals surface area contributed by atoms with Gasteiger partial charge in [0.2, 0.25) is 5.95 Å². The first-order valence-corrected chi connectivity index (χ1v) is 6.88. The molecule has 1 atom stereocenters. The van der Waals surface area contributed by atoms with Crippen LogP contribution in [0.1, 0.15) is 18.9 Å². The molecule has 0 spiro atoms. The lowest BCUT2D eigenvalue weighted by molar-refractivity contribution is 0.145. The van der Waals surface area contributed by atoms with Gasteiger partial charge in [0.05, 0.1) is 17.6 Å². The van der Waals surface area contributed by atoms with Gasteiger partial charge in [-0.05, 0) is 24.1 Å². The molecule has 1 aliphatic heterocycles. The third-order valence-electron chi connectivity index (χ3n) is 3.47. The van der Waals surface area contributed by atoms with Crippen LogP contribution in [0.5, 0.6) is 0 Å². The minimum atomic E-state index is -0.395. The van der Waals surface area contributed by atoms with Crippen LogP contribution in [0, 0.1) is 0 Å². The number of benzene rings is 1. The van der Waals surface area contributed by atoms with Crippen LogP contribution in [0.25, 0.3) is 11.0 Å². The highest BCUT2D eigenvalue weighted by atomic mass is 16.6. The second-order valence-electron chi connectivity index (χ2n) is 5.01. The highest BCUT2D eigenvalue weighted by molar-refractivity contribution is 5.90. The van der Waals surface area contributed by atoms with Gasteiger partial charge in [0, 0.05) is 6.54 Å². The number of hydrogen-bond donors (Lipinski definition) is 2. The van der Waals surface area contributed by atoms with Crippen molar-refractivity contribution in [1.82, 2.24) is 9.97 Å². The fraction of sp³-hybridized carbons (Fsp3) is 0.429. The van der Waals surface area contributed by atoms with Crippen LogP contribution >= 0.6 is 0 Å². The highest BCUT2D eigenvalue weighted by Gasteiger charge is 2.33. The molecule has 1 aliphatic rings. The normalized spacial score (nSPS) is 18.8. The van der Waals surface area contributed by atoms with E-state index in [1.54, 1.807) is 0 Å². The van der Waals surface area contributed by atoms with Crippen molar-refractivity contribution in [3.05, 3.63) is 23.8 Å². The van der Waals surface area contributed by atoms with Gasteiger partial charge in [-0.3, -0.25) is 0 Å². The fourth-order valence-electron chi connectivity index (χ4n) is 2.43. The molecular formula is C14H18N4O2. The zero-order valence-electron chi connectivity index (χ0n) is 11.4. The second kappa shape index (κ2) is 5.13. The third-order valence-corrected chi connectivity index (χ3v) is 3.47. The first-order chi connectivity index (χ1) is 9.71. The summed E-state index contributed by atoms with van der Waals surface area (Å²) in [5.41, 5.74) is 8.58. The molecule has 3 N–H and O–H groups in total. The van der Waals surface area contributed by atoms with E-state index in [0.717, 1.165) is 23.9 Å². The largest absolute Gasteiger partial charge is 0.443 e. The Morgan fingerprint density at radius 3 is 3.10 bits per heavy atom. The topological polar surface area (TPSA) is 84.2 Å². The Hall–Kier alpha value is -2.08. The number of aromatic amines is 1. The number of nitrogens with two attached hydrogens (primary N) is 1. The average Bonchev–Trinajstić information content (AvgIpc) is 3.01. The fourth-order valence-corrected chi connectivity index (χ4v) is 2.43. The smallest absolute Gasteiger partial charge is 0.417 e. The van der Waals surface area contributed by atoms with Crippen LogP contribution in [0.2, 0.25) is 0 Å². The van der Waals surface area contributed by atoms with E-state index < -0.39 is 6.09 Å². The number of carbonyl (C=O) groups excluding carboxylic acids is 1. The Kier molecular flexibility index (Phi) is 3.31. The molecule has 1 aromatic heterocycles. The number of ether oxygens (including phenoxy) is 1. The van der Waals surface area contributed by atoms with Crippen molar-refractivity contribution >= 4 is 23.1 Å². The molecule has 2 heterocycles. The molecule has 0 radical (unpaired) electrons. The third kappa shape index (κ3) is 2.22. The van der Waals surface area contributed by atoms with Crippen LogP contribution < -0.4 is 10.6 Å². The number of rotatable bonds is 4. The molecule has 0 bridgehead atoms. The van der Waals surface area contributed by atoms with Crippen LogP contribution in [-0.4, -0.2) is 35.3 Å². The SMILES string of the molecule is CCCc1ccc2nc(N3C[C@H](CN)OC3=O)[nH]c2c1. The Bertz CT molecular complexity index is 637. The molecule has 0 unspecified atom stereocenters. The summed E-state index contributed by atoms with van der Waals surface area (Å²) in [7, 11) is 0. The maximum Gasteiger partial charge on any atom is 0.417 e. The van der Waals surface area contributed by atoms with Gasteiger partial charge < -0.3 is 15.5 Å². The number of fused-ring (bicyclic) bond motifs is 1. The van der Waals surface area contributed by atoms with Crippen molar-refractivity contribution in [3.63, 3.8) is 0 Å². The maximum atomic E-state index is 11.8. The summed E-state index contributed by atoms with van der Waals surface area (Å²) in [6.45, 7) is 2.91. The van der Waals surface area contributed by atoms with E-state index in [-0.39, 0.29) is 6.10 Å². The Balaban J connectivity index is 1.91. The van der Waals surface area contributed by atoms with Crippen LogP contribution in [0.15, 0.2) is 18.2 Å². The van der Waals surface area contributed by atoms with E-state index in [1.165, 1.54) is 10.5 Å². The number of H-pyrrole nitrogens is 1. The van der Waals surface area contributed by atoms with Crippen molar-refractivity contribution in [2.24, 2.45) is 5.73 Å². The van der Waals surface area contributed by atoms with E-state index in [2.05, 4.69) is 29.0 Å². The van der Waals surface area contributed by atoms with E-state index in [9.17, 15) is 4.79 Å². The number of nitrogens with zero attached hydrogens (tertiary/aromatic N) is 2. The predicted octanol–water partition coefficient (Wildman–Crippen LogP) is 1.80. The molecule has 2 aromatic rings. The summed E-state index contributed by atoms with van der Waals surface area (Å²) in [4.78, 5) is 20.9. The summed E-state index contributed by atoms with van der Waals surface area (Å²) < 4.78 is 5.14. The minimum Gasteiger partial charge on any atom is -0.443 e. The molecule has 1 amide bonds. The van der Waals surface area contributed by atoms with Crippen molar-refractivity contribution in [2.45, 2.75) is 25.9 Å². The van der Waals surface area contributed by atoms with Crippen LogP contribution in [0.4, 0.5) is 10.7 Å². The summed E-state index contributed by atoms with van der Waals surface area (Å²) in [5, 5.41) is 0. The molecule has 1 saturated heterocycles. The maximum absolute atomic E-state index is 11.8. The second-order valence-corrected chi connectivity index (χ2v) is 5.01. The molecule has 6 nitrogen and oxygen atoms in total. The van der Waals surface area contributed by atoms with Gasteiger partial charge in [0.15, 0.2) is 0 Å². The van der Waals surface area contributed by atoms with Crippen LogP contribution in [0.3, 0.4) is 0 Å². The number of amides is 1. The number of imidazole rings is 1. The molecule has 1 aromatic carbocycles. The molecule has 0 saturated carbocycles. The lowest BCUT2D eigenvalue weighted by atomic mass is 10.1. The first-order valence-electron chi connectivity index (χ1n) is 6.88. The lowest BCUT2D eigenvalue weighted by Crippen LogP contribution is -2.28. The van der Waals surface area contributed by atoms with Crippen molar-refractivity contribution in [3.8, 4) is 0 Å². The summed E-state index contributed by atoms with van der Waals surface area (Å²) in [6, 6.07) is 6.13. The molecule has 20 heavy (non-hydrogen) atoms. The van der Waals surface area contributed by atoms with Gasteiger partial charge in [0.25, 0.3) is 0 Å². The summed E-state index contributed by atoms with van der Waals surface area (Å²) in [5.74, 6) is 0.523. The number of carbonyl (C=O) groups is 1. The minimum absolute atomic E-state index is 0.258. The van der Waals surface area contributed by atoms with E-state index in [0.29, 0.717) is 19.0 Å². The van der Waals surface area contributed by atoms with E-state index >= 15 is 0 Å². The molecule has 0 aliphatic carbocycles. The quantitative estimate of drug-likeness (QED) is 0.890. The number of nitrogens with one attached hydrogen (secondary N) is 1. The number of cyclic esters (lactones) is 1. The van der Waals surface area contributed by atoms with Gasteiger partial charge in [-0.1, -0.05) is 19.4 Å². The van der Waals surface area contributed by atoms with Gasteiger partial charge in [0.1, 0.15) is 6.10 Å². The number of aryl methyl sites for hydroxylation is 1. The lowest BCUT2D eigenvalue weighted by Gasteiger charge is -2.07. The Labute approximate surface area is 116 Å². The zero-order valence-corrected chi connectivity index (χ0v) is 11.4. The van der Waals surface area contributed by atoms with Crippen molar-refractivity contribution in [1.29, 1.82) is 0 Å². The van der Waals surface area contributed by atoms with Gasteiger partial charge in [-0.25, -0.2) is 14.7 Å². The highest BCUT2D eigenvalue weighted by Crippen LogP contribution is 2.23. The van der Waals surface area contributed by atoms with Crippen LogP contribution in [-0.2, 0) is 11.2 Å². The number of hydrogen-bond acceptors (Lipinski definition) is 4. The number of aromatic nitrogens is 2. The molecule has 1 fully saturated rings. The standard InChI is InChI=1S/C14H18N4O2/c1-2-3-9-4-5-11-12(6-9)17-13(16-11)18-8-10(7-15)20-14(18)19/h4-6,10H,2-3,7-8,15H2,1H3,(H,16,17)/t10-/m0/s1. The Morgan fingerprint density at radius 1 is 1.55 bits per heavy atom. The zero-order chi connectivity index (χ0) is 14.1. The van der Waals surface area contributed by atoms with Gasteiger partial charge >= 0.3 is 6.09 Å². The number of anilines is 1. The predicted molar refractivity (Wildman–Crippen MR) is 76.8 cm³/mol. The van der Waals surface area contributed by atoms with Gasteiger partial charge in [-0.2, -0.15) is 0 Å². The molecular weight excluding hydrogens is 256 g/mol. The van der Waals surface area contributed by atoms with E-state index in [4.69, 9.17) is 10.5 Å². The molecule has 3 rings (SSSR count). The summed E-state index contributed by atoms with van der Waals surface area (Å²) >= 11 is 0. The van der Waals surface area contributed by atoms with Gasteiger partial charge in [-0.15, -0.1) is 0 Å². The van der Waals surface area contributed by atoms with Crippen molar-refractivity contribution < 1.29 is 9.53 Å². The Morgan fingerprint density at radius 2 is 2.40 bits per heavy atom. The molecule has 6 heteroatoms. The van der Waals surface area contributed by atoms with E-state index in [1.807, 2.05) is 6.07 Å². The first kappa shape index (κ1) is 12.9. The van der Waals surface area contributed by atoms with Crippen molar-refractivity contribution in [2.75, 3.05) is 18.0 Å². The molecule has 106 valence electrons.